The van der Waals surface area contributed by atoms with Gasteiger partial charge in [-0.3, -0.25) is 0 Å². The summed E-state index contributed by atoms with van der Waals surface area (Å²) in [6.07, 6.45) is 1.21. The first-order valence-corrected chi connectivity index (χ1v) is 5.51. The summed E-state index contributed by atoms with van der Waals surface area (Å²) in [5.41, 5.74) is 1.04. The van der Waals surface area contributed by atoms with Gasteiger partial charge in [0.05, 0.1) is 5.69 Å². The smallest absolute Gasteiger partial charge is 0.0893 e. The fourth-order valence-corrected chi connectivity index (χ4v) is 1.78. The normalized spacial score (nSPS) is 13.5. The van der Waals surface area contributed by atoms with Gasteiger partial charge in [-0.15, -0.1) is 5.10 Å². The minimum Gasteiger partial charge on any atom is -0.309 e. The molecule has 4 heteroatoms. The second kappa shape index (κ2) is 5.29. The average molecular weight is 199 g/mol. The molecule has 0 aromatic carbocycles. The van der Waals surface area contributed by atoms with Gasteiger partial charge >= 0.3 is 0 Å². The van der Waals surface area contributed by atoms with Crippen molar-refractivity contribution in [2.75, 3.05) is 0 Å². The Balaban J connectivity index is 2.19. The first kappa shape index (κ1) is 10.6. The van der Waals surface area contributed by atoms with Crippen molar-refractivity contribution in [3.05, 3.63) is 11.1 Å². The zero-order valence-electron chi connectivity index (χ0n) is 8.45. The van der Waals surface area contributed by atoms with Gasteiger partial charge in [0.15, 0.2) is 0 Å². The molecule has 3 nitrogen and oxygen atoms in total. The van der Waals surface area contributed by atoms with Gasteiger partial charge in [-0.1, -0.05) is 18.3 Å². The molecule has 0 amide bonds. The van der Waals surface area contributed by atoms with E-state index < -0.39 is 0 Å². The Morgan fingerprint density at radius 1 is 1.46 bits per heavy atom. The van der Waals surface area contributed by atoms with E-state index in [1.54, 1.807) is 0 Å². The van der Waals surface area contributed by atoms with E-state index in [1.165, 1.54) is 18.0 Å². The molecule has 0 saturated carbocycles. The van der Waals surface area contributed by atoms with Gasteiger partial charge in [0.2, 0.25) is 0 Å². The van der Waals surface area contributed by atoms with Crippen molar-refractivity contribution in [2.45, 2.75) is 39.8 Å². The van der Waals surface area contributed by atoms with Crippen molar-refractivity contribution in [1.82, 2.24) is 14.9 Å². The van der Waals surface area contributed by atoms with Crippen LogP contribution in [0, 0.1) is 5.92 Å². The molecular weight excluding hydrogens is 182 g/mol. The van der Waals surface area contributed by atoms with Crippen molar-refractivity contribution >= 4 is 11.5 Å². The van der Waals surface area contributed by atoms with Crippen molar-refractivity contribution in [1.29, 1.82) is 0 Å². The van der Waals surface area contributed by atoms with Crippen LogP contribution in [0.25, 0.3) is 0 Å². The maximum Gasteiger partial charge on any atom is 0.0893 e. The van der Waals surface area contributed by atoms with Crippen LogP contribution in [0.1, 0.15) is 32.9 Å². The van der Waals surface area contributed by atoms with Gasteiger partial charge in [0.25, 0.3) is 0 Å². The van der Waals surface area contributed by atoms with Crippen LogP contribution in [0.5, 0.6) is 0 Å². The summed E-state index contributed by atoms with van der Waals surface area (Å²) in [5.74, 6) is 0.746. The number of aromatic nitrogens is 2. The number of rotatable bonds is 5. The van der Waals surface area contributed by atoms with Crippen molar-refractivity contribution in [3.8, 4) is 0 Å². The Morgan fingerprint density at radius 3 is 2.77 bits per heavy atom. The van der Waals surface area contributed by atoms with Crippen LogP contribution in [0.15, 0.2) is 5.38 Å². The van der Waals surface area contributed by atoms with Gasteiger partial charge in [-0.25, -0.2) is 0 Å². The summed E-state index contributed by atoms with van der Waals surface area (Å²) in [7, 11) is 0. The quantitative estimate of drug-likeness (QED) is 0.789. The first-order chi connectivity index (χ1) is 6.18. The first-order valence-electron chi connectivity index (χ1n) is 4.67. The fourth-order valence-electron chi connectivity index (χ4n) is 1.33. The monoisotopic (exact) mass is 199 g/mol. The highest BCUT2D eigenvalue weighted by molar-refractivity contribution is 7.03. The lowest BCUT2D eigenvalue weighted by Crippen LogP contribution is -2.26. The van der Waals surface area contributed by atoms with Gasteiger partial charge in [-0.2, -0.15) is 0 Å². The molecule has 1 atom stereocenters. The van der Waals surface area contributed by atoms with Crippen molar-refractivity contribution in [3.63, 3.8) is 0 Å². The van der Waals surface area contributed by atoms with E-state index in [-0.39, 0.29) is 0 Å². The second-order valence-corrected chi connectivity index (χ2v) is 4.42. The summed E-state index contributed by atoms with van der Waals surface area (Å²) in [6.45, 7) is 7.52. The fraction of sp³-hybridized carbons (Fsp3) is 0.778. The minimum absolute atomic E-state index is 0.557. The zero-order chi connectivity index (χ0) is 9.68. The molecule has 0 fully saturated rings. The van der Waals surface area contributed by atoms with E-state index in [2.05, 4.69) is 35.7 Å². The summed E-state index contributed by atoms with van der Waals surface area (Å²) >= 11 is 1.40. The Labute approximate surface area is 83.7 Å². The standard InChI is InChI=1S/C9H17N3S/c1-7(2)4-8(3)10-5-9-6-13-12-11-9/h6-8,10H,4-5H2,1-3H3. The topological polar surface area (TPSA) is 37.8 Å². The van der Waals surface area contributed by atoms with Crippen LogP contribution in [-0.4, -0.2) is 15.6 Å². The predicted molar refractivity (Wildman–Crippen MR) is 55.7 cm³/mol. The summed E-state index contributed by atoms with van der Waals surface area (Å²) in [6, 6.07) is 0.557. The average Bonchev–Trinajstić information content (AvgIpc) is 2.51. The molecule has 1 heterocycles. The molecule has 1 N–H and O–H groups in total. The molecule has 1 rings (SSSR count). The Hall–Kier alpha value is -0.480. The highest BCUT2D eigenvalue weighted by Gasteiger charge is 2.04. The van der Waals surface area contributed by atoms with E-state index in [0.29, 0.717) is 6.04 Å². The number of hydrogen-bond acceptors (Lipinski definition) is 4. The van der Waals surface area contributed by atoms with Crippen molar-refractivity contribution < 1.29 is 0 Å². The van der Waals surface area contributed by atoms with Crippen LogP contribution < -0.4 is 5.32 Å². The molecule has 13 heavy (non-hydrogen) atoms. The van der Waals surface area contributed by atoms with E-state index >= 15 is 0 Å². The van der Waals surface area contributed by atoms with E-state index in [4.69, 9.17) is 0 Å². The summed E-state index contributed by atoms with van der Waals surface area (Å²) in [4.78, 5) is 0. The number of hydrogen-bond donors (Lipinski definition) is 1. The Morgan fingerprint density at radius 2 is 2.23 bits per heavy atom. The van der Waals surface area contributed by atoms with Crippen LogP contribution in [0.2, 0.25) is 0 Å². The molecule has 0 aliphatic carbocycles. The SMILES string of the molecule is CC(C)CC(C)NCc1csnn1. The second-order valence-electron chi connectivity index (χ2n) is 3.81. The molecule has 1 aromatic heterocycles. The van der Waals surface area contributed by atoms with Gasteiger partial charge in [-0.05, 0) is 30.8 Å². The third-order valence-corrected chi connectivity index (χ3v) is 2.42. The lowest BCUT2D eigenvalue weighted by molar-refractivity contribution is 0.439. The highest BCUT2D eigenvalue weighted by Crippen LogP contribution is 2.04. The number of nitrogens with one attached hydrogen (secondary N) is 1. The molecule has 74 valence electrons. The molecular formula is C9H17N3S. The molecule has 0 aliphatic rings. The lowest BCUT2D eigenvalue weighted by atomic mass is 10.1. The summed E-state index contributed by atoms with van der Waals surface area (Å²) < 4.78 is 3.81. The summed E-state index contributed by atoms with van der Waals surface area (Å²) in [5, 5.41) is 9.38. The molecule has 0 saturated heterocycles. The third-order valence-electron chi connectivity index (χ3n) is 1.86. The minimum atomic E-state index is 0.557. The maximum absolute atomic E-state index is 3.97. The number of nitrogens with zero attached hydrogens (tertiary/aromatic N) is 2. The van der Waals surface area contributed by atoms with Crippen LogP contribution in [0.4, 0.5) is 0 Å². The van der Waals surface area contributed by atoms with Crippen LogP contribution in [-0.2, 0) is 6.54 Å². The highest BCUT2D eigenvalue weighted by atomic mass is 32.1. The van der Waals surface area contributed by atoms with Gasteiger partial charge < -0.3 is 5.32 Å². The molecule has 0 radical (unpaired) electrons. The van der Waals surface area contributed by atoms with E-state index in [0.717, 1.165) is 18.2 Å². The van der Waals surface area contributed by atoms with E-state index in [9.17, 15) is 0 Å². The van der Waals surface area contributed by atoms with E-state index in [1.807, 2.05) is 5.38 Å². The lowest BCUT2D eigenvalue weighted by Gasteiger charge is -2.14. The largest absolute Gasteiger partial charge is 0.309 e. The predicted octanol–water partition coefficient (Wildman–Crippen LogP) is 2.06. The zero-order valence-corrected chi connectivity index (χ0v) is 9.27. The molecule has 0 aliphatic heterocycles. The van der Waals surface area contributed by atoms with Gasteiger partial charge in [0.1, 0.15) is 0 Å². The molecule has 0 spiro atoms. The maximum atomic E-state index is 3.97. The molecule has 1 aromatic rings. The molecule has 0 bridgehead atoms. The van der Waals surface area contributed by atoms with Gasteiger partial charge in [0, 0.05) is 18.0 Å². The third kappa shape index (κ3) is 4.33. The van der Waals surface area contributed by atoms with Crippen molar-refractivity contribution in [2.24, 2.45) is 5.92 Å². The Bertz CT molecular complexity index is 221. The van der Waals surface area contributed by atoms with Crippen LogP contribution >= 0.6 is 11.5 Å². The molecule has 1 unspecified atom stereocenters. The van der Waals surface area contributed by atoms with Crippen LogP contribution in [0.3, 0.4) is 0 Å². The Kier molecular flexibility index (Phi) is 4.32.